The number of para-hydroxylation sites is 1. The van der Waals surface area contributed by atoms with Gasteiger partial charge in [-0.05, 0) is 63.3 Å². The second-order valence-corrected chi connectivity index (χ2v) is 8.63. The number of aryl methyl sites for hydroxylation is 2. The SMILES string of the molecule is Cc1cc(C=NNC(=O)Nc2ccccc2)c(C)n1-c1sc2c(c1C(=O)O)CCCC2. The van der Waals surface area contributed by atoms with Crippen LogP contribution in [0.1, 0.15) is 50.6 Å². The van der Waals surface area contributed by atoms with Gasteiger partial charge in [0.05, 0.1) is 11.8 Å². The number of carbonyl (C=O) groups excluding carboxylic acids is 1. The molecule has 0 saturated carbocycles. The molecule has 1 aliphatic rings. The first kappa shape index (κ1) is 20.9. The molecule has 3 N–H and O–H groups in total. The molecule has 0 unspecified atom stereocenters. The Morgan fingerprint density at radius 1 is 1.16 bits per heavy atom. The summed E-state index contributed by atoms with van der Waals surface area (Å²) < 4.78 is 1.98. The Balaban J connectivity index is 1.57. The molecule has 31 heavy (non-hydrogen) atoms. The van der Waals surface area contributed by atoms with Gasteiger partial charge >= 0.3 is 12.0 Å². The van der Waals surface area contributed by atoms with Crippen molar-refractivity contribution in [2.75, 3.05) is 5.32 Å². The molecule has 2 amide bonds. The standard InChI is InChI=1S/C23H24N4O3S/c1-14-12-16(13-24-26-23(30)25-17-8-4-3-5-9-17)15(2)27(14)21-20(22(28)29)18-10-6-7-11-19(18)31-21/h3-5,8-9,12-13H,6-7,10-11H2,1-2H3,(H,28,29)(H2,25,26,30). The van der Waals surface area contributed by atoms with Gasteiger partial charge in [-0.1, -0.05) is 18.2 Å². The monoisotopic (exact) mass is 436 g/mol. The predicted octanol–water partition coefficient (Wildman–Crippen LogP) is 4.89. The number of aromatic nitrogens is 1. The van der Waals surface area contributed by atoms with Gasteiger partial charge in [-0.2, -0.15) is 5.10 Å². The van der Waals surface area contributed by atoms with Gasteiger partial charge in [0.1, 0.15) is 5.00 Å². The van der Waals surface area contributed by atoms with E-state index in [1.54, 1.807) is 29.7 Å². The molecule has 1 aliphatic carbocycles. The molecule has 3 aromatic rings. The van der Waals surface area contributed by atoms with Crippen LogP contribution < -0.4 is 10.7 Å². The predicted molar refractivity (Wildman–Crippen MR) is 123 cm³/mol. The summed E-state index contributed by atoms with van der Waals surface area (Å²) in [6.45, 7) is 3.88. The molecule has 0 aliphatic heterocycles. The highest BCUT2D eigenvalue weighted by Gasteiger charge is 2.27. The molecule has 0 atom stereocenters. The number of carbonyl (C=O) groups is 2. The fraction of sp³-hybridized carbons (Fsp3) is 0.261. The Hall–Kier alpha value is -3.39. The Kier molecular flexibility index (Phi) is 5.90. The summed E-state index contributed by atoms with van der Waals surface area (Å²) in [5, 5.41) is 17.4. The minimum Gasteiger partial charge on any atom is -0.478 e. The van der Waals surface area contributed by atoms with Crippen molar-refractivity contribution in [2.24, 2.45) is 5.10 Å². The smallest absolute Gasteiger partial charge is 0.339 e. The Labute approximate surface area is 184 Å². The number of urea groups is 1. The number of anilines is 1. The van der Waals surface area contributed by atoms with Crippen LogP contribution in [0.2, 0.25) is 0 Å². The van der Waals surface area contributed by atoms with Crippen molar-refractivity contribution in [3.05, 3.63) is 69.4 Å². The van der Waals surface area contributed by atoms with Crippen molar-refractivity contribution >= 4 is 35.2 Å². The summed E-state index contributed by atoms with van der Waals surface area (Å²) >= 11 is 1.57. The van der Waals surface area contributed by atoms with Crippen LogP contribution in [0.25, 0.3) is 5.00 Å². The van der Waals surface area contributed by atoms with E-state index in [2.05, 4.69) is 15.8 Å². The minimum atomic E-state index is -0.878. The van der Waals surface area contributed by atoms with Gasteiger partial charge in [-0.15, -0.1) is 11.3 Å². The first-order valence-electron chi connectivity index (χ1n) is 10.2. The van der Waals surface area contributed by atoms with E-state index in [0.29, 0.717) is 11.3 Å². The number of carboxylic acid groups (broad SMARTS) is 1. The van der Waals surface area contributed by atoms with E-state index >= 15 is 0 Å². The lowest BCUT2D eigenvalue weighted by molar-refractivity contribution is 0.0696. The number of hydrogen-bond donors (Lipinski definition) is 3. The summed E-state index contributed by atoms with van der Waals surface area (Å²) in [6, 6.07) is 10.6. The first-order chi connectivity index (χ1) is 15.0. The van der Waals surface area contributed by atoms with Crippen molar-refractivity contribution in [1.29, 1.82) is 0 Å². The molecule has 4 rings (SSSR count). The highest BCUT2D eigenvalue weighted by atomic mass is 32.1. The molecule has 0 spiro atoms. The van der Waals surface area contributed by atoms with Crippen molar-refractivity contribution in [1.82, 2.24) is 9.99 Å². The van der Waals surface area contributed by atoms with Gasteiger partial charge in [0.25, 0.3) is 0 Å². The average Bonchev–Trinajstić information content (AvgIpc) is 3.25. The van der Waals surface area contributed by atoms with Crippen LogP contribution in [-0.2, 0) is 12.8 Å². The Morgan fingerprint density at radius 3 is 2.65 bits per heavy atom. The second-order valence-electron chi connectivity index (χ2n) is 7.55. The van der Waals surface area contributed by atoms with E-state index in [4.69, 9.17) is 0 Å². The Bertz CT molecular complexity index is 1160. The Morgan fingerprint density at radius 2 is 1.90 bits per heavy atom. The van der Waals surface area contributed by atoms with Crippen LogP contribution in [0.5, 0.6) is 0 Å². The highest BCUT2D eigenvalue weighted by Crippen LogP contribution is 2.38. The molecule has 2 heterocycles. The summed E-state index contributed by atoms with van der Waals surface area (Å²) in [4.78, 5) is 25.3. The lowest BCUT2D eigenvalue weighted by atomic mass is 9.95. The van der Waals surface area contributed by atoms with E-state index in [1.165, 1.54) is 4.88 Å². The average molecular weight is 437 g/mol. The van der Waals surface area contributed by atoms with E-state index in [9.17, 15) is 14.7 Å². The number of hydrogen-bond acceptors (Lipinski definition) is 4. The lowest BCUT2D eigenvalue weighted by Crippen LogP contribution is -2.24. The molecule has 7 nitrogen and oxygen atoms in total. The molecule has 1 aromatic carbocycles. The summed E-state index contributed by atoms with van der Waals surface area (Å²) in [7, 11) is 0. The van der Waals surface area contributed by atoms with E-state index in [0.717, 1.165) is 53.2 Å². The number of thiophene rings is 1. The van der Waals surface area contributed by atoms with Crippen LogP contribution in [-0.4, -0.2) is 27.9 Å². The van der Waals surface area contributed by atoms with Gasteiger partial charge in [0.2, 0.25) is 0 Å². The molecular formula is C23H24N4O3S. The van der Waals surface area contributed by atoms with Crippen LogP contribution in [0.3, 0.4) is 0 Å². The molecule has 160 valence electrons. The number of amides is 2. The summed E-state index contributed by atoms with van der Waals surface area (Å²) in [6.07, 6.45) is 5.47. The number of hydrazone groups is 1. The minimum absolute atomic E-state index is 0.422. The van der Waals surface area contributed by atoms with Gasteiger partial charge in [0, 0.05) is 27.5 Å². The van der Waals surface area contributed by atoms with Gasteiger partial charge < -0.3 is 15.0 Å². The zero-order chi connectivity index (χ0) is 22.0. The maximum atomic E-state index is 12.1. The van der Waals surface area contributed by atoms with E-state index < -0.39 is 12.0 Å². The number of nitrogens with zero attached hydrogens (tertiary/aromatic N) is 2. The topological polar surface area (TPSA) is 95.7 Å². The van der Waals surface area contributed by atoms with Gasteiger partial charge in [-0.25, -0.2) is 15.0 Å². The first-order valence-corrected chi connectivity index (χ1v) is 11.0. The van der Waals surface area contributed by atoms with E-state index in [1.807, 2.05) is 42.7 Å². The molecular weight excluding hydrogens is 412 g/mol. The number of nitrogens with one attached hydrogen (secondary N) is 2. The second kappa shape index (κ2) is 8.77. The van der Waals surface area contributed by atoms with Crippen molar-refractivity contribution < 1.29 is 14.7 Å². The third-order valence-corrected chi connectivity index (χ3v) is 6.72. The maximum absolute atomic E-state index is 12.1. The summed E-state index contributed by atoms with van der Waals surface area (Å²) in [5.41, 5.74) is 7.18. The third-order valence-electron chi connectivity index (χ3n) is 5.44. The maximum Gasteiger partial charge on any atom is 0.339 e. The summed E-state index contributed by atoms with van der Waals surface area (Å²) in [5.74, 6) is -0.878. The largest absolute Gasteiger partial charge is 0.478 e. The van der Waals surface area contributed by atoms with Crippen molar-refractivity contribution in [3.63, 3.8) is 0 Å². The van der Waals surface area contributed by atoms with Crippen molar-refractivity contribution in [3.8, 4) is 5.00 Å². The van der Waals surface area contributed by atoms with Crippen molar-refractivity contribution in [2.45, 2.75) is 39.5 Å². The number of aromatic carboxylic acids is 1. The molecule has 0 fully saturated rings. The quantitative estimate of drug-likeness (QED) is 0.393. The third kappa shape index (κ3) is 4.25. The van der Waals surface area contributed by atoms with Crippen LogP contribution >= 0.6 is 11.3 Å². The molecule has 2 aromatic heterocycles. The van der Waals surface area contributed by atoms with Crippen LogP contribution in [0, 0.1) is 13.8 Å². The van der Waals surface area contributed by atoms with Crippen LogP contribution in [0.4, 0.5) is 10.5 Å². The number of rotatable bonds is 5. The number of carboxylic acids is 1. The number of fused-ring (bicyclic) bond motifs is 1. The van der Waals surface area contributed by atoms with E-state index in [-0.39, 0.29) is 0 Å². The van der Waals surface area contributed by atoms with Gasteiger partial charge in [-0.3, -0.25) is 0 Å². The number of benzene rings is 1. The zero-order valence-electron chi connectivity index (χ0n) is 17.4. The fourth-order valence-electron chi connectivity index (χ4n) is 4.00. The normalized spacial score (nSPS) is 13.2. The highest BCUT2D eigenvalue weighted by molar-refractivity contribution is 7.15. The lowest BCUT2D eigenvalue weighted by Gasteiger charge is -2.11. The molecule has 0 saturated heterocycles. The molecule has 8 heteroatoms. The van der Waals surface area contributed by atoms with Gasteiger partial charge in [0.15, 0.2) is 0 Å². The molecule has 0 bridgehead atoms. The fourth-order valence-corrected chi connectivity index (χ4v) is 5.49. The zero-order valence-corrected chi connectivity index (χ0v) is 18.3. The van der Waals surface area contributed by atoms with Crippen LogP contribution in [0.15, 0.2) is 41.5 Å². The molecule has 0 radical (unpaired) electrons.